The zero-order valence-corrected chi connectivity index (χ0v) is 18.0. The quantitative estimate of drug-likeness (QED) is 0.492. The van der Waals surface area contributed by atoms with Crippen LogP contribution in [0.25, 0.3) is 5.70 Å². The van der Waals surface area contributed by atoms with Crippen molar-refractivity contribution in [2.24, 2.45) is 0 Å². The van der Waals surface area contributed by atoms with E-state index in [0.29, 0.717) is 10.6 Å². The van der Waals surface area contributed by atoms with Crippen molar-refractivity contribution in [2.75, 3.05) is 19.8 Å². The second kappa shape index (κ2) is 10.1. The van der Waals surface area contributed by atoms with E-state index >= 15 is 0 Å². The van der Waals surface area contributed by atoms with E-state index in [1.807, 2.05) is 66.1 Å². The van der Waals surface area contributed by atoms with E-state index in [4.69, 9.17) is 9.84 Å². The van der Waals surface area contributed by atoms with Gasteiger partial charge in [-0.05, 0) is 52.9 Å². The summed E-state index contributed by atoms with van der Waals surface area (Å²) in [6.45, 7) is -0.0395. The van der Waals surface area contributed by atoms with Crippen molar-refractivity contribution in [3.63, 3.8) is 0 Å². The first-order chi connectivity index (χ1) is 15.7. The summed E-state index contributed by atoms with van der Waals surface area (Å²) in [6, 6.07) is 20.6. The molecule has 0 saturated heterocycles. The van der Waals surface area contributed by atoms with Gasteiger partial charge in [0.25, 0.3) is 11.8 Å². The van der Waals surface area contributed by atoms with Crippen molar-refractivity contribution < 1.29 is 19.4 Å². The van der Waals surface area contributed by atoms with Crippen molar-refractivity contribution >= 4 is 28.8 Å². The SMILES string of the molecule is O=C(COc1ccc(C2=C[C@H](c3ccccc3)N(C(=O)c3cccs3)N2)cc1)NCCO. The Hall–Kier alpha value is -3.62. The predicted molar refractivity (Wildman–Crippen MR) is 123 cm³/mol. The molecule has 164 valence electrons. The summed E-state index contributed by atoms with van der Waals surface area (Å²) in [5, 5.41) is 14.8. The fraction of sp³-hybridized carbons (Fsp3) is 0.167. The summed E-state index contributed by atoms with van der Waals surface area (Å²) in [7, 11) is 0. The van der Waals surface area contributed by atoms with Crippen LogP contribution in [0.4, 0.5) is 0 Å². The number of carbonyl (C=O) groups is 2. The molecule has 0 aliphatic carbocycles. The van der Waals surface area contributed by atoms with Crippen molar-refractivity contribution in [3.05, 3.63) is 94.2 Å². The summed E-state index contributed by atoms with van der Waals surface area (Å²) >= 11 is 1.41. The molecule has 3 N–H and O–H groups in total. The fourth-order valence-electron chi connectivity index (χ4n) is 3.35. The van der Waals surface area contributed by atoms with Gasteiger partial charge >= 0.3 is 0 Å². The topological polar surface area (TPSA) is 90.9 Å². The molecule has 3 aromatic rings. The average Bonchev–Trinajstić information content (AvgIpc) is 3.53. The van der Waals surface area contributed by atoms with Gasteiger partial charge in [-0.3, -0.25) is 15.0 Å². The second-order valence-corrected chi connectivity index (χ2v) is 8.03. The molecule has 32 heavy (non-hydrogen) atoms. The molecule has 4 rings (SSSR count). The summed E-state index contributed by atoms with van der Waals surface area (Å²) in [6.07, 6.45) is 2.03. The van der Waals surface area contributed by atoms with Crippen LogP contribution in [0.3, 0.4) is 0 Å². The highest BCUT2D eigenvalue weighted by Gasteiger charge is 2.31. The van der Waals surface area contributed by atoms with Gasteiger partial charge in [0.2, 0.25) is 0 Å². The summed E-state index contributed by atoms with van der Waals surface area (Å²) in [5.41, 5.74) is 5.98. The maximum Gasteiger partial charge on any atom is 0.283 e. The zero-order chi connectivity index (χ0) is 22.3. The van der Waals surface area contributed by atoms with Gasteiger partial charge in [0.15, 0.2) is 6.61 Å². The standard InChI is InChI=1S/C24H23N3O4S/c28-13-12-25-23(29)16-31-19-10-8-17(9-11-19)20-15-21(18-5-2-1-3-6-18)27(26-20)24(30)22-7-4-14-32-22/h1-11,14-15,21,26,28H,12-13,16H2,(H,25,29)/t21-/m1/s1. The van der Waals surface area contributed by atoms with E-state index in [2.05, 4.69) is 10.7 Å². The first-order valence-corrected chi connectivity index (χ1v) is 11.0. The molecule has 1 aliphatic rings. The molecule has 8 heteroatoms. The van der Waals surface area contributed by atoms with Gasteiger partial charge in [-0.25, -0.2) is 5.01 Å². The van der Waals surface area contributed by atoms with E-state index in [0.717, 1.165) is 16.8 Å². The van der Waals surface area contributed by atoms with E-state index in [9.17, 15) is 9.59 Å². The van der Waals surface area contributed by atoms with Gasteiger partial charge in [0.1, 0.15) is 5.75 Å². The number of benzene rings is 2. The maximum absolute atomic E-state index is 13.1. The highest BCUT2D eigenvalue weighted by atomic mass is 32.1. The molecular weight excluding hydrogens is 426 g/mol. The summed E-state index contributed by atoms with van der Waals surface area (Å²) < 4.78 is 5.48. The lowest BCUT2D eigenvalue weighted by Gasteiger charge is -2.25. The summed E-state index contributed by atoms with van der Waals surface area (Å²) in [5.74, 6) is 0.170. The minimum Gasteiger partial charge on any atom is -0.484 e. The van der Waals surface area contributed by atoms with Crippen molar-refractivity contribution in [1.82, 2.24) is 15.8 Å². The number of ether oxygens (including phenoxy) is 1. The highest BCUT2D eigenvalue weighted by molar-refractivity contribution is 7.12. The molecule has 1 atom stereocenters. The Morgan fingerprint density at radius 1 is 1.06 bits per heavy atom. The lowest BCUT2D eigenvalue weighted by Crippen LogP contribution is -2.39. The Morgan fingerprint density at radius 3 is 2.53 bits per heavy atom. The molecule has 7 nitrogen and oxygen atoms in total. The Labute approximate surface area is 189 Å². The zero-order valence-electron chi connectivity index (χ0n) is 17.2. The smallest absolute Gasteiger partial charge is 0.283 e. The van der Waals surface area contributed by atoms with Gasteiger partial charge in [0, 0.05) is 6.54 Å². The molecule has 2 heterocycles. The van der Waals surface area contributed by atoms with E-state index < -0.39 is 0 Å². The minimum atomic E-state index is -0.295. The van der Waals surface area contributed by atoms with Crippen molar-refractivity contribution in [3.8, 4) is 5.75 Å². The maximum atomic E-state index is 13.1. The van der Waals surface area contributed by atoms with Gasteiger partial charge in [-0.1, -0.05) is 36.4 Å². The molecule has 1 aliphatic heterocycles. The third kappa shape index (κ3) is 4.99. The van der Waals surface area contributed by atoms with E-state index in [-0.39, 0.29) is 37.6 Å². The number of nitrogens with zero attached hydrogens (tertiary/aromatic N) is 1. The molecule has 0 bridgehead atoms. The number of rotatable bonds is 8. The third-order valence-corrected chi connectivity index (χ3v) is 5.76. The van der Waals surface area contributed by atoms with Crippen LogP contribution >= 0.6 is 11.3 Å². The third-order valence-electron chi connectivity index (χ3n) is 4.90. The van der Waals surface area contributed by atoms with Crippen LogP contribution < -0.4 is 15.5 Å². The summed E-state index contributed by atoms with van der Waals surface area (Å²) in [4.78, 5) is 25.4. The van der Waals surface area contributed by atoms with Crippen LogP contribution in [0.2, 0.25) is 0 Å². The number of amides is 2. The molecule has 0 saturated carbocycles. The van der Waals surface area contributed by atoms with Crippen LogP contribution in [0.1, 0.15) is 26.8 Å². The minimum absolute atomic E-state index is 0.0889. The molecular formula is C24H23N3O4S. The first-order valence-electron chi connectivity index (χ1n) is 10.2. The predicted octanol–water partition coefficient (Wildman–Crippen LogP) is 2.98. The number of nitrogens with one attached hydrogen (secondary N) is 2. The second-order valence-electron chi connectivity index (χ2n) is 7.09. The fourth-order valence-corrected chi connectivity index (χ4v) is 4.01. The molecule has 0 radical (unpaired) electrons. The Kier molecular flexibility index (Phi) is 6.84. The number of aliphatic hydroxyl groups is 1. The Morgan fingerprint density at radius 2 is 1.84 bits per heavy atom. The van der Waals surface area contributed by atoms with Crippen LogP contribution in [0.5, 0.6) is 5.75 Å². The molecule has 0 spiro atoms. The van der Waals surface area contributed by atoms with Crippen LogP contribution in [-0.2, 0) is 4.79 Å². The first kappa shape index (κ1) is 21.6. The molecule has 2 amide bonds. The van der Waals surface area contributed by atoms with Gasteiger partial charge in [-0.15, -0.1) is 11.3 Å². The van der Waals surface area contributed by atoms with Crippen molar-refractivity contribution in [1.29, 1.82) is 0 Å². The average molecular weight is 450 g/mol. The molecule has 0 fully saturated rings. The monoisotopic (exact) mass is 449 g/mol. The molecule has 1 aromatic heterocycles. The van der Waals surface area contributed by atoms with Gasteiger partial charge in [0.05, 0.1) is 23.2 Å². The number of hydrazine groups is 1. The lowest BCUT2D eigenvalue weighted by molar-refractivity contribution is -0.123. The van der Waals surface area contributed by atoms with Gasteiger partial charge < -0.3 is 15.2 Å². The highest BCUT2D eigenvalue weighted by Crippen LogP contribution is 2.33. The number of hydrogen-bond acceptors (Lipinski definition) is 6. The number of thiophene rings is 1. The van der Waals surface area contributed by atoms with Crippen LogP contribution in [0.15, 0.2) is 78.2 Å². The van der Waals surface area contributed by atoms with Crippen LogP contribution in [-0.4, -0.2) is 41.7 Å². The molecule has 2 aromatic carbocycles. The normalized spacial score (nSPS) is 15.1. The van der Waals surface area contributed by atoms with Gasteiger partial charge in [-0.2, -0.15) is 0 Å². The van der Waals surface area contributed by atoms with E-state index in [1.165, 1.54) is 11.3 Å². The molecule has 0 unspecified atom stereocenters. The Balaban J connectivity index is 1.50. The number of aliphatic hydroxyl groups excluding tert-OH is 1. The largest absolute Gasteiger partial charge is 0.484 e. The number of carbonyl (C=O) groups excluding carboxylic acids is 2. The number of hydrogen-bond donors (Lipinski definition) is 3. The van der Waals surface area contributed by atoms with Crippen LogP contribution in [0, 0.1) is 0 Å². The van der Waals surface area contributed by atoms with E-state index in [1.54, 1.807) is 17.1 Å². The lowest BCUT2D eigenvalue weighted by atomic mass is 10.0. The Bertz CT molecular complexity index is 1080. The van der Waals surface area contributed by atoms with Crippen molar-refractivity contribution in [2.45, 2.75) is 6.04 Å².